The highest BCUT2D eigenvalue weighted by molar-refractivity contribution is 4.92. The molecule has 0 rings (SSSR count). The molecule has 0 amide bonds. The monoisotopic (exact) mass is 208 g/mol. The van der Waals surface area contributed by atoms with Crippen LogP contribution in [0.4, 0.5) is 0 Å². The average molecular weight is 208 g/mol. The molecule has 0 fully saturated rings. The topological polar surface area (TPSA) is 0 Å². The molecule has 0 atom stereocenters. The molecule has 0 aromatic rings. The zero-order valence-electron chi connectivity index (χ0n) is 10.7. The van der Waals surface area contributed by atoms with E-state index in [0.717, 1.165) is 6.42 Å². The fourth-order valence-corrected chi connectivity index (χ4v) is 1.54. The summed E-state index contributed by atoms with van der Waals surface area (Å²) >= 11 is 0. The number of allylic oxidation sites excluding steroid dienone is 4. The fraction of sp³-hybridized carbons (Fsp3) is 0.733. The van der Waals surface area contributed by atoms with Gasteiger partial charge in [-0.25, -0.2) is 0 Å². The smallest absolute Gasteiger partial charge is 0.0169 e. The highest BCUT2D eigenvalue weighted by Gasteiger charge is 1.85. The predicted molar refractivity (Wildman–Crippen MR) is 71.2 cm³/mol. The molecule has 0 nitrogen and oxygen atoms in total. The lowest BCUT2D eigenvalue weighted by Gasteiger charge is -1.95. The Morgan fingerprint density at radius 3 is 1.93 bits per heavy atom. The molecule has 0 aliphatic rings. The molecule has 0 aromatic heterocycles. The second-order valence-electron chi connectivity index (χ2n) is 4.17. The maximum Gasteiger partial charge on any atom is -0.0169 e. The Kier molecular flexibility index (Phi) is 13.0. The summed E-state index contributed by atoms with van der Waals surface area (Å²) in [6.45, 7) is 4.49. The Bertz CT molecular complexity index is 153. The second-order valence-corrected chi connectivity index (χ2v) is 4.17. The summed E-state index contributed by atoms with van der Waals surface area (Å²) in [4.78, 5) is 0. The highest BCUT2D eigenvalue weighted by Crippen LogP contribution is 2.05. The van der Waals surface area contributed by atoms with Crippen molar-refractivity contribution in [2.75, 3.05) is 0 Å². The van der Waals surface area contributed by atoms with Gasteiger partial charge >= 0.3 is 0 Å². The molecule has 0 aromatic carbocycles. The van der Waals surface area contributed by atoms with E-state index in [1.807, 2.05) is 0 Å². The summed E-state index contributed by atoms with van der Waals surface area (Å²) in [6.07, 6.45) is 21.0. The zero-order chi connectivity index (χ0) is 11.2. The van der Waals surface area contributed by atoms with E-state index in [2.05, 4.69) is 38.2 Å². The van der Waals surface area contributed by atoms with Crippen molar-refractivity contribution in [2.45, 2.75) is 71.6 Å². The summed E-state index contributed by atoms with van der Waals surface area (Å²) in [5.41, 5.74) is 0. The largest absolute Gasteiger partial charge is 0.0882 e. The van der Waals surface area contributed by atoms with Gasteiger partial charge in [0.2, 0.25) is 0 Å². The Morgan fingerprint density at radius 1 is 0.600 bits per heavy atom. The molecule has 0 saturated carbocycles. The van der Waals surface area contributed by atoms with Crippen LogP contribution in [0.5, 0.6) is 0 Å². The summed E-state index contributed by atoms with van der Waals surface area (Å²) in [5.74, 6) is 0. The number of hydrogen-bond donors (Lipinski definition) is 0. The van der Waals surface area contributed by atoms with E-state index in [1.165, 1.54) is 51.4 Å². The highest BCUT2D eigenvalue weighted by atomic mass is 13.9. The maximum absolute atomic E-state index is 2.34. The van der Waals surface area contributed by atoms with Crippen LogP contribution in [-0.4, -0.2) is 0 Å². The van der Waals surface area contributed by atoms with Crippen LogP contribution in [0, 0.1) is 0 Å². The van der Waals surface area contributed by atoms with Crippen molar-refractivity contribution < 1.29 is 0 Å². The molecule has 0 spiro atoms. The van der Waals surface area contributed by atoms with Crippen molar-refractivity contribution in [1.29, 1.82) is 0 Å². The van der Waals surface area contributed by atoms with Crippen molar-refractivity contribution in [3.05, 3.63) is 24.3 Å². The van der Waals surface area contributed by atoms with E-state index in [9.17, 15) is 0 Å². The maximum atomic E-state index is 2.34. The van der Waals surface area contributed by atoms with Crippen molar-refractivity contribution in [3.63, 3.8) is 0 Å². The molecule has 0 unspecified atom stereocenters. The summed E-state index contributed by atoms with van der Waals surface area (Å²) in [5, 5.41) is 0. The van der Waals surface area contributed by atoms with Gasteiger partial charge in [-0.3, -0.25) is 0 Å². The van der Waals surface area contributed by atoms with Gasteiger partial charge in [0.15, 0.2) is 0 Å². The molecule has 0 heterocycles. The third-order valence-corrected chi connectivity index (χ3v) is 2.54. The Hall–Kier alpha value is -0.520. The van der Waals surface area contributed by atoms with Crippen LogP contribution in [0.15, 0.2) is 24.3 Å². The summed E-state index contributed by atoms with van der Waals surface area (Å²) in [6, 6.07) is 0. The van der Waals surface area contributed by atoms with Crippen LogP contribution in [-0.2, 0) is 0 Å². The fourth-order valence-electron chi connectivity index (χ4n) is 1.54. The van der Waals surface area contributed by atoms with Gasteiger partial charge in [-0.2, -0.15) is 0 Å². The molecule has 15 heavy (non-hydrogen) atoms. The SMILES string of the molecule is CCC/C=C/C/C=C/CCCCCCC. The quantitative estimate of drug-likeness (QED) is 0.321. The van der Waals surface area contributed by atoms with Gasteiger partial charge in [0, 0.05) is 0 Å². The zero-order valence-corrected chi connectivity index (χ0v) is 10.7. The summed E-state index contributed by atoms with van der Waals surface area (Å²) in [7, 11) is 0. The van der Waals surface area contributed by atoms with Gasteiger partial charge in [0.1, 0.15) is 0 Å². The van der Waals surface area contributed by atoms with E-state index in [4.69, 9.17) is 0 Å². The lowest BCUT2D eigenvalue weighted by atomic mass is 10.1. The van der Waals surface area contributed by atoms with Crippen LogP contribution in [0.25, 0.3) is 0 Å². The van der Waals surface area contributed by atoms with Crippen molar-refractivity contribution in [1.82, 2.24) is 0 Å². The standard InChI is InChI=1S/C15H28/c1-3-5-7-9-11-13-15-14-12-10-8-6-4-2/h7,9,13,15H,3-6,8,10-12,14H2,1-2H3/b9-7+,15-13+. The van der Waals surface area contributed by atoms with E-state index >= 15 is 0 Å². The van der Waals surface area contributed by atoms with Gasteiger partial charge in [0.25, 0.3) is 0 Å². The van der Waals surface area contributed by atoms with Crippen LogP contribution in [0.2, 0.25) is 0 Å². The molecule has 88 valence electrons. The molecule has 0 radical (unpaired) electrons. The van der Waals surface area contributed by atoms with Crippen molar-refractivity contribution >= 4 is 0 Å². The first-order valence-corrected chi connectivity index (χ1v) is 6.71. The first-order chi connectivity index (χ1) is 7.41. The van der Waals surface area contributed by atoms with Gasteiger partial charge in [-0.15, -0.1) is 0 Å². The van der Waals surface area contributed by atoms with Crippen LogP contribution >= 0.6 is 0 Å². The minimum atomic E-state index is 1.12. The second kappa shape index (κ2) is 13.5. The molecule has 0 aliphatic carbocycles. The molecule has 0 bridgehead atoms. The number of hydrogen-bond acceptors (Lipinski definition) is 0. The third kappa shape index (κ3) is 13.5. The summed E-state index contributed by atoms with van der Waals surface area (Å²) < 4.78 is 0. The van der Waals surface area contributed by atoms with Crippen LogP contribution in [0.1, 0.15) is 71.6 Å². The number of unbranched alkanes of at least 4 members (excludes halogenated alkanes) is 6. The minimum Gasteiger partial charge on any atom is -0.0882 e. The van der Waals surface area contributed by atoms with Crippen molar-refractivity contribution in [3.8, 4) is 0 Å². The number of rotatable bonds is 10. The lowest BCUT2D eigenvalue weighted by molar-refractivity contribution is 0.637. The first kappa shape index (κ1) is 14.5. The Balaban J connectivity index is 3.10. The normalized spacial score (nSPS) is 11.9. The van der Waals surface area contributed by atoms with E-state index in [1.54, 1.807) is 0 Å². The Morgan fingerprint density at radius 2 is 1.27 bits per heavy atom. The average Bonchev–Trinajstić information content (AvgIpc) is 2.26. The van der Waals surface area contributed by atoms with Crippen molar-refractivity contribution in [2.24, 2.45) is 0 Å². The van der Waals surface area contributed by atoms with Gasteiger partial charge in [0.05, 0.1) is 0 Å². The lowest BCUT2D eigenvalue weighted by Crippen LogP contribution is -1.75. The molecule has 0 saturated heterocycles. The van der Waals surface area contributed by atoms with Crippen LogP contribution < -0.4 is 0 Å². The predicted octanol–water partition coefficient (Wildman–Crippen LogP) is 5.65. The van der Waals surface area contributed by atoms with Gasteiger partial charge in [-0.1, -0.05) is 70.3 Å². The van der Waals surface area contributed by atoms with Gasteiger partial charge < -0.3 is 0 Å². The Labute approximate surface area is 96.5 Å². The molecular weight excluding hydrogens is 180 g/mol. The first-order valence-electron chi connectivity index (χ1n) is 6.71. The molecule has 0 aliphatic heterocycles. The molecular formula is C15H28. The van der Waals surface area contributed by atoms with Crippen LogP contribution in [0.3, 0.4) is 0 Å². The molecule has 0 heteroatoms. The minimum absolute atomic E-state index is 1.12. The van der Waals surface area contributed by atoms with Gasteiger partial charge in [-0.05, 0) is 25.7 Å². The molecule has 0 N–H and O–H groups in total. The third-order valence-electron chi connectivity index (χ3n) is 2.54. The van der Waals surface area contributed by atoms with E-state index in [0.29, 0.717) is 0 Å². The van der Waals surface area contributed by atoms with E-state index in [-0.39, 0.29) is 0 Å². The van der Waals surface area contributed by atoms with E-state index < -0.39 is 0 Å².